The van der Waals surface area contributed by atoms with Crippen molar-refractivity contribution < 1.29 is 39.5 Å². The highest BCUT2D eigenvalue weighted by atomic mass is 16.5. The second-order valence-electron chi connectivity index (χ2n) is 7.47. The van der Waals surface area contributed by atoms with E-state index in [0.717, 1.165) is 11.1 Å². The molecule has 0 aliphatic heterocycles. The molecule has 0 bridgehead atoms. The largest absolute Gasteiger partial charge is 0.508 e. The Kier molecular flexibility index (Phi) is 12.2. The minimum absolute atomic E-state index is 0.198. The van der Waals surface area contributed by atoms with Crippen molar-refractivity contribution in [2.75, 3.05) is 27.3 Å². The number of phenols is 1. The van der Waals surface area contributed by atoms with Gasteiger partial charge in [-0.3, -0.25) is 9.59 Å². The molecule has 0 atom stereocenters. The maximum Gasteiger partial charge on any atom is 0.309 e. The molecule has 2 aromatic rings. The molecule has 0 heterocycles. The first kappa shape index (κ1) is 23.1. The number of aromatic hydroxyl groups is 1. The second-order valence-corrected chi connectivity index (χ2v) is 7.47. The Hall–Kier alpha value is -3.06. The summed E-state index contributed by atoms with van der Waals surface area (Å²) < 4.78 is 42.9. The smallest absolute Gasteiger partial charge is 0.309 e. The van der Waals surface area contributed by atoms with Crippen LogP contribution in [0.2, 0.25) is 0 Å². The number of hydrogen-bond donors (Lipinski definition) is 2. The van der Waals surface area contributed by atoms with Crippen molar-refractivity contribution in [1.82, 2.24) is 0 Å². The van der Waals surface area contributed by atoms with E-state index in [1.165, 1.54) is 26.4 Å². The Labute approximate surface area is 202 Å². The fraction of sp³-hybridized carbons (Fsp3) is 0.462. The van der Waals surface area contributed by atoms with E-state index >= 15 is 0 Å². The van der Waals surface area contributed by atoms with Crippen molar-refractivity contribution in [3.8, 4) is 11.5 Å². The summed E-state index contributed by atoms with van der Waals surface area (Å²) in [6.45, 7) is 3.06. The molecule has 0 aliphatic rings. The monoisotopic (exact) mass is 466 g/mol. The molecule has 0 saturated heterocycles. The molecule has 0 radical (unpaired) electrons. The third-order valence-electron chi connectivity index (χ3n) is 3.68. The Balaban J connectivity index is 0.000000586. The van der Waals surface area contributed by atoms with Crippen molar-refractivity contribution >= 4 is 11.9 Å². The highest BCUT2D eigenvalue weighted by molar-refractivity contribution is 5.72. The standard InChI is InChI=1S/C13H18O3.C9H10O3.C4H10O/c1-10(2)9-16-12-6-4-11(5-7-12)8-13(14)15-3;1-12-9(11)6-7-2-4-8(10)5-3-7;1-4(2)3-5/h4-7,10H,8-9H2,1-3H3;2-5,10H,6H2,1H3;4-5H,3H2,1-2H3/i9D2;;3D2. The molecule has 2 aromatic carbocycles. The van der Waals surface area contributed by atoms with Crippen LogP contribution in [0.15, 0.2) is 48.5 Å². The molecule has 0 spiro atoms. The molecule has 0 aromatic heterocycles. The predicted molar refractivity (Wildman–Crippen MR) is 128 cm³/mol. The number of carbonyl (C=O) groups is 2. The topological polar surface area (TPSA) is 102 Å². The third kappa shape index (κ3) is 16.3. The SMILES string of the molecule is COC(=O)Cc1ccc(O)cc1.[2H]C([2H])(O)C(C)C.[2H]C([2H])(Oc1ccc(CC(=O)OC)cc1)C(C)C. The lowest BCUT2D eigenvalue weighted by Gasteiger charge is -2.08. The van der Waals surface area contributed by atoms with Crippen LogP contribution in [0.25, 0.3) is 0 Å². The minimum Gasteiger partial charge on any atom is -0.508 e. The molecular weight excluding hydrogens is 424 g/mol. The Morgan fingerprint density at radius 2 is 1.21 bits per heavy atom. The summed E-state index contributed by atoms with van der Waals surface area (Å²) in [6.07, 6.45) is 0.449. The van der Waals surface area contributed by atoms with Crippen molar-refractivity contribution in [2.24, 2.45) is 11.8 Å². The van der Waals surface area contributed by atoms with E-state index in [1.807, 2.05) is 0 Å². The van der Waals surface area contributed by atoms with Gasteiger partial charge in [0.05, 0.1) is 39.1 Å². The van der Waals surface area contributed by atoms with Gasteiger partial charge in [-0.15, -0.1) is 0 Å². The van der Waals surface area contributed by atoms with Gasteiger partial charge < -0.3 is 24.4 Å². The van der Waals surface area contributed by atoms with Crippen molar-refractivity contribution in [3.05, 3.63) is 59.7 Å². The number of rotatable bonds is 8. The number of methoxy groups -OCH3 is 2. The van der Waals surface area contributed by atoms with Crippen LogP contribution in [-0.2, 0) is 31.9 Å². The van der Waals surface area contributed by atoms with E-state index < -0.39 is 13.1 Å². The van der Waals surface area contributed by atoms with E-state index in [9.17, 15) is 9.59 Å². The second kappa shape index (κ2) is 17.5. The summed E-state index contributed by atoms with van der Waals surface area (Å²) in [5, 5.41) is 17.4. The van der Waals surface area contributed by atoms with Crippen molar-refractivity contribution in [1.29, 1.82) is 0 Å². The van der Waals surface area contributed by atoms with Crippen LogP contribution in [0.3, 0.4) is 0 Å². The number of esters is 2. The first-order valence-electron chi connectivity index (χ1n) is 12.4. The van der Waals surface area contributed by atoms with E-state index in [2.05, 4.69) is 9.47 Å². The van der Waals surface area contributed by atoms with Crippen LogP contribution in [0, 0.1) is 11.8 Å². The van der Waals surface area contributed by atoms with Crippen LogP contribution in [-0.4, -0.2) is 49.5 Å². The highest BCUT2D eigenvalue weighted by Crippen LogP contribution is 2.14. The number of phenolic OH excluding ortho intramolecular Hbond substituents is 1. The fourth-order valence-corrected chi connectivity index (χ4v) is 1.95. The van der Waals surface area contributed by atoms with Crippen LogP contribution in [0.5, 0.6) is 11.5 Å². The summed E-state index contributed by atoms with van der Waals surface area (Å²) in [5.74, 6) is -0.493. The summed E-state index contributed by atoms with van der Waals surface area (Å²) in [6, 6.07) is 13.2. The molecule has 0 aliphatic carbocycles. The average molecular weight is 467 g/mol. The normalized spacial score (nSPS) is 12.5. The average Bonchev–Trinajstić information content (AvgIpc) is 2.81. The summed E-state index contributed by atoms with van der Waals surface area (Å²) >= 11 is 0. The van der Waals surface area contributed by atoms with E-state index in [-0.39, 0.29) is 42.4 Å². The summed E-state index contributed by atoms with van der Waals surface area (Å²) in [7, 11) is 2.69. The van der Waals surface area contributed by atoms with Crippen LogP contribution in [0.1, 0.15) is 44.3 Å². The minimum atomic E-state index is -2.00. The summed E-state index contributed by atoms with van der Waals surface area (Å²) in [5.41, 5.74) is 1.64. The Morgan fingerprint density at radius 1 is 0.818 bits per heavy atom. The maximum atomic E-state index is 11.1. The number of hydrogen-bond acceptors (Lipinski definition) is 7. The third-order valence-corrected chi connectivity index (χ3v) is 3.68. The first-order valence-corrected chi connectivity index (χ1v) is 10.4. The van der Waals surface area contributed by atoms with Crippen LogP contribution in [0.4, 0.5) is 0 Å². The molecule has 7 nitrogen and oxygen atoms in total. The Morgan fingerprint density at radius 3 is 1.55 bits per heavy atom. The molecule has 0 saturated carbocycles. The van der Waals surface area contributed by atoms with Gasteiger partial charge >= 0.3 is 11.9 Å². The van der Waals surface area contributed by atoms with Crippen molar-refractivity contribution in [3.63, 3.8) is 0 Å². The van der Waals surface area contributed by atoms with Gasteiger partial charge in [0.2, 0.25) is 0 Å². The number of benzene rings is 2. The van der Waals surface area contributed by atoms with Gasteiger partial charge in [-0.25, -0.2) is 0 Å². The predicted octanol–water partition coefficient (Wildman–Crippen LogP) is 4.18. The zero-order valence-electron chi connectivity index (χ0n) is 24.1. The summed E-state index contributed by atoms with van der Waals surface area (Å²) in [4.78, 5) is 21.9. The van der Waals surface area contributed by atoms with Crippen molar-refractivity contribution in [2.45, 2.75) is 40.5 Å². The quantitative estimate of drug-likeness (QED) is 0.563. The molecule has 0 unspecified atom stereocenters. The number of carbonyl (C=O) groups excluding carboxylic acids is 2. The van der Waals surface area contributed by atoms with Crippen LogP contribution < -0.4 is 4.74 Å². The van der Waals surface area contributed by atoms with Gasteiger partial charge in [-0.2, -0.15) is 0 Å². The molecule has 0 fully saturated rings. The van der Waals surface area contributed by atoms with Gasteiger partial charge in [-0.05, 0) is 47.2 Å². The first-order chi connectivity index (χ1) is 17.0. The maximum absolute atomic E-state index is 11.1. The molecule has 0 amide bonds. The van der Waals surface area contributed by atoms with Crippen LogP contribution >= 0.6 is 0 Å². The lowest BCUT2D eigenvalue weighted by molar-refractivity contribution is -0.140. The van der Waals surface area contributed by atoms with Gasteiger partial charge in [-0.1, -0.05) is 52.0 Å². The molecule has 2 N–H and O–H groups in total. The van der Waals surface area contributed by atoms with Gasteiger partial charge in [0.15, 0.2) is 0 Å². The molecule has 184 valence electrons. The van der Waals surface area contributed by atoms with Gasteiger partial charge in [0.25, 0.3) is 0 Å². The highest BCUT2D eigenvalue weighted by Gasteiger charge is 2.03. The van der Waals surface area contributed by atoms with E-state index in [0.29, 0.717) is 5.75 Å². The molecule has 7 heteroatoms. The Bertz CT molecular complexity index is 939. The van der Waals surface area contributed by atoms with E-state index in [4.69, 9.17) is 20.4 Å². The van der Waals surface area contributed by atoms with E-state index in [1.54, 1.807) is 64.1 Å². The van der Waals surface area contributed by atoms with Gasteiger partial charge in [0.1, 0.15) is 11.5 Å². The number of aliphatic hydroxyl groups is 1. The van der Waals surface area contributed by atoms with Gasteiger partial charge in [0, 0.05) is 6.56 Å². The molecule has 33 heavy (non-hydrogen) atoms. The molecular formula is C26H38O7. The lowest BCUT2D eigenvalue weighted by Crippen LogP contribution is -2.06. The number of ether oxygens (including phenoxy) is 3. The lowest BCUT2D eigenvalue weighted by atomic mass is 10.1. The zero-order valence-corrected chi connectivity index (χ0v) is 20.1. The fourth-order valence-electron chi connectivity index (χ4n) is 1.95. The molecule has 2 rings (SSSR count). The zero-order chi connectivity index (χ0) is 28.8.